The number of carbonyl (C=O) groups excluding carboxylic acids is 2. The molecule has 24 heavy (non-hydrogen) atoms. The van der Waals surface area contributed by atoms with E-state index in [4.69, 9.17) is 4.42 Å². The molecule has 130 valence electrons. The van der Waals surface area contributed by atoms with Gasteiger partial charge >= 0.3 is 11.9 Å². The van der Waals surface area contributed by atoms with E-state index in [1.54, 1.807) is 0 Å². The molecule has 0 aliphatic carbocycles. The van der Waals surface area contributed by atoms with Crippen molar-refractivity contribution in [3.63, 3.8) is 0 Å². The highest BCUT2D eigenvalue weighted by Gasteiger charge is 2.35. The second-order valence-corrected chi connectivity index (χ2v) is 5.53. The van der Waals surface area contributed by atoms with E-state index in [-0.39, 0.29) is 18.2 Å². The van der Waals surface area contributed by atoms with Crippen molar-refractivity contribution in [1.82, 2.24) is 15.2 Å². The van der Waals surface area contributed by atoms with Crippen LogP contribution in [0.3, 0.4) is 0 Å². The van der Waals surface area contributed by atoms with E-state index in [1.165, 1.54) is 18.3 Å². The third-order valence-corrected chi connectivity index (χ3v) is 3.27. The minimum Gasteiger partial charge on any atom is -0.400 e. The Balaban J connectivity index is 1.90. The minimum atomic E-state index is -0.672. The van der Waals surface area contributed by atoms with Crippen molar-refractivity contribution in [2.75, 3.05) is 19.6 Å². The number of rotatable bonds is 8. The molecule has 1 fully saturated rings. The number of hydrogen-bond donors (Lipinski definition) is 1. The molecule has 10 heteroatoms. The molecule has 0 saturated carbocycles. The second kappa shape index (κ2) is 7.68. The van der Waals surface area contributed by atoms with Gasteiger partial charge < -0.3 is 9.73 Å². The van der Waals surface area contributed by atoms with Crippen LogP contribution in [0, 0.1) is 10.1 Å². The lowest BCUT2D eigenvalue weighted by atomic mass is 10.3. The number of carbonyl (C=O) groups is 2. The summed E-state index contributed by atoms with van der Waals surface area (Å²) in [5.41, 5.74) is 0. The Labute approximate surface area is 138 Å². The van der Waals surface area contributed by atoms with Crippen molar-refractivity contribution in [1.29, 1.82) is 0 Å². The molecule has 2 heterocycles. The van der Waals surface area contributed by atoms with Crippen molar-refractivity contribution in [2.45, 2.75) is 26.3 Å². The summed E-state index contributed by atoms with van der Waals surface area (Å²) in [4.78, 5) is 35.0. The molecule has 0 spiro atoms. The second-order valence-electron chi connectivity index (χ2n) is 5.53. The third-order valence-electron chi connectivity index (χ3n) is 3.27. The molecule has 1 aromatic rings. The molecule has 3 amide bonds. The normalized spacial score (nSPS) is 15.3. The number of imide groups is 1. The van der Waals surface area contributed by atoms with Gasteiger partial charge in [-0.1, -0.05) is 13.8 Å². The number of urea groups is 1. The van der Waals surface area contributed by atoms with Crippen molar-refractivity contribution < 1.29 is 18.9 Å². The summed E-state index contributed by atoms with van der Waals surface area (Å²) in [7, 11) is 0. The molecule has 1 aliphatic heterocycles. The summed E-state index contributed by atoms with van der Waals surface area (Å²) in [6.45, 7) is 4.89. The summed E-state index contributed by atoms with van der Waals surface area (Å²) in [6.07, 6.45) is 1.82. The number of hydrogen-bond acceptors (Lipinski definition) is 7. The molecule has 2 rings (SSSR count). The largest absolute Gasteiger partial charge is 0.433 e. The van der Waals surface area contributed by atoms with E-state index in [2.05, 4.69) is 10.4 Å². The quantitative estimate of drug-likeness (QED) is 0.250. The average molecular weight is 337 g/mol. The Hall–Kier alpha value is -2.75. The van der Waals surface area contributed by atoms with Crippen molar-refractivity contribution >= 4 is 24.0 Å². The molecule has 0 aromatic carbocycles. The molecule has 0 atom stereocenters. The van der Waals surface area contributed by atoms with Crippen LogP contribution in [0.1, 0.15) is 26.0 Å². The van der Waals surface area contributed by atoms with Crippen LogP contribution >= 0.6 is 0 Å². The van der Waals surface area contributed by atoms with Crippen LogP contribution in [0.2, 0.25) is 0 Å². The van der Waals surface area contributed by atoms with Gasteiger partial charge in [0, 0.05) is 12.6 Å². The van der Waals surface area contributed by atoms with Gasteiger partial charge in [-0.05, 0) is 19.0 Å². The zero-order valence-corrected chi connectivity index (χ0v) is 13.5. The first kappa shape index (κ1) is 17.6. The van der Waals surface area contributed by atoms with Crippen LogP contribution < -0.4 is 5.32 Å². The van der Waals surface area contributed by atoms with Gasteiger partial charge in [0.15, 0.2) is 5.76 Å². The number of nitrogens with one attached hydrogen (secondary N) is 1. The van der Waals surface area contributed by atoms with Gasteiger partial charge in [0.05, 0.1) is 12.3 Å². The third kappa shape index (κ3) is 4.38. The van der Waals surface area contributed by atoms with E-state index in [0.29, 0.717) is 25.6 Å². The molecule has 10 nitrogen and oxygen atoms in total. The van der Waals surface area contributed by atoms with Gasteiger partial charge in [-0.15, -0.1) is 0 Å². The lowest BCUT2D eigenvalue weighted by Gasteiger charge is -2.14. The first-order valence-electron chi connectivity index (χ1n) is 7.52. The fourth-order valence-electron chi connectivity index (χ4n) is 2.10. The van der Waals surface area contributed by atoms with E-state index in [9.17, 15) is 19.7 Å². The highest BCUT2D eigenvalue weighted by molar-refractivity contribution is 6.02. The van der Waals surface area contributed by atoms with Gasteiger partial charge in [0.2, 0.25) is 0 Å². The molecule has 1 saturated heterocycles. The van der Waals surface area contributed by atoms with Crippen molar-refractivity contribution in [3.8, 4) is 0 Å². The van der Waals surface area contributed by atoms with Gasteiger partial charge in [-0.25, -0.2) is 9.80 Å². The SMILES string of the molecule is CC(C)NCCCN1C(=O)CN(/N=C/c2ccc([N+](=O)[O-])o2)C1=O. The monoisotopic (exact) mass is 337 g/mol. The lowest BCUT2D eigenvalue weighted by Crippen LogP contribution is -2.34. The Morgan fingerprint density at radius 1 is 1.46 bits per heavy atom. The number of nitro groups is 1. The standard InChI is InChI=1S/C14H19N5O5/c1-10(2)15-6-3-7-17-12(20)9-18(14(17)21)16-8-11-4-5-13(24-11)19(22)23/h4-5,8,10,15H,3,6-7,9H2,1-2H3/b16-8+. The van der Waals surface area contributed by atoms with Crippen molar-refractivity contribution in [3.05, 3.63) is 28.0 Å². The fourth-order valence-corrected chi connectivity index (χ4v) is 2.10. The zero-order valence-electron chi connectivity index (χ0n) is 13.5. The van der Waals surface area contributed by atoms with Gasteiger partial charge in [0.1, 0.15) is 11.5 Å². The first-order chi connectivity index (χ1) is 11.4. The maximum Gasteiger partial charge on any atom is 0.433 e. The smallest absolute Gasteiger partial charge is 0.400 e. The number of furan rings is 1. The van der Waals surface area contributed by atoms with Gasteiger partial charge in [0.25, 0.3) is 5.91 Å². The molecular formula is C14H19N5O5. The molecule has 0 unspecified atom stereocenters. The minimum absolute atomic E-state index is 0.126. The van der Waals surface area contributed by atoms with Crippen LogP contribution in [-0.2, 0) is 4.79 Å². The predicted molar refractivity (Wildman–Crippen MR) is 84.5 cm³/mol. The zero-order chi connectivity index (χ0) is 17.7. The van der Waals surface area contributed by atoms with Crippen LogP contribution in [-0.4, -0.2) is 58.7 Å². The Morgan fingerprint density at radius 2 is 2.21 bits per heavy atom. The summed E-state index contributed by atoms with van der Waals surface area (Å²) in [5, 5.41) is 18.6. The Bertz CT molecular complexity index is 654. The van der Waals surface area contributed by atoms with E-state index < -0.39 is 16.8 Å². The summed E-state index contributed by atoms with van der Waals surface area (Å²) >= 11 is 0. The highest BCUT2D eigenvalue weighted by Crippen LogP contribution is 2.15. The van der Waals surface area contributed by atoms with Crippen LogP contribution in [0.4, 0.5) is 10.7 Å². The first-order valence-corrected chi connectivity index (χ1v) is 7.52. The summed E-state index contributed by atoms with van der Waals surface area (Å²) < 4.78 is 4.90. The van der Waals surface area contributed by atoms with Crippen molar-refractivity contribution in [2.24, 2.45) is 5.10 Å². The van der Waals surface area contributed by atoms with Crippen LogP contribution in [0.5, 0.6) is 0 Å². The molecule has 0 radical (unpaired) electrons. The predicted octanol–water partition coefficient (Wildman–Crippen LogP) is 1.17. The van der Waals surface area contributed by atoms with Gasteiger partial charge in [-0.2, -0.15) is 5.10 Å². The highest BCUT2D eigenvalue weighted by atomic mass is 16.6. The molecule has 1 aromatic heterocycles. The molecular weight excluding hydrogens is 318 g/mol. The topological polar surface area (TPSA) is 121 Å². The number of nitrogens with zero attached hydrogens (tertiary/aromatic N) is 4. The molecule has 1 aliphatic rings. The summed E-state index contributed by atoms with van der Waals surface area (Å²) in [5.74, 6) is -0.617. The maximum atomic E-state index is 12.1. The maximum absolute atomic E-state index is 12.1. The Kier molecular flexibility index (Phi) is 5.64. The molecule has 0 bridgehead atoms. The van der Waals surface area contributed by atoms with Crippen LogP contribution in [0.15, 0.2) is 21.7 Å². The Morgan fingerprint density at radius 3 is 2.83 bits per heavy atom. The number of hydrazone groups is 1. The molecule has 1 N–H and O–H groups in total. The van der Waals surface area contributed by atoms with E-state index in [0.717, 1.165) is 9.91 Å². The summed E-state index contributed by atoms with van der Waals surface area (Å²) in [6, 6.07) is 2.38. The average Bonchev–Trinajstić information content (AvgIpc) is 3.08. The van der Waals surface area contributed by atoms with E-state index >= 15 is 0 Å². The van der Waals surface area contributed by atoms with E-state index in [1.807, 2.05) is 13.8 Å². The fraction of sp³-hybridized carbons (Fsp3) is 0.500. The van der Waals surface area contributed by atoms with Gasteiger partial charge in [-0.3, -0.25) is 19.8 Å². The lowest BCUT2D eigenvalue weighted by molar-refractivity contribution is -0.402. The number of amides is 3. The van der Waals surface area contributed by atoms with Crippen LogP contribution in [0.25, 0.3) is 0 Å².